The van der Waals surface area contributed by atoms with Gasteiger partial charge in [0, 0.05) is 18.0 Å². The van der Waals surface area contributed by atoms with Crippen molar-refractivity contribution in [3.63, 3.8) is 0 Å². The van der Waals surface area contributed by atoms with E-state index in [1.807, 2.05) is 43.3 Å². The van der Waals surface area contributed by atoms with E-state index in [0.717, 1.165) is 32.4 Å². The monoisotopic (exact) mass is 462 g/mol. The van der Waals surface area contributed by atoms with Crippen LogP contribution in [0.3, 0.4) is 0 Å². The largest absolute Gasteiger partial charge is 0.361 e. The third-order valence-electron chi connectivity index (χ3n) is 4.43. The van der Waals surface area contributed by atoms with Crippen LogP contribution in [0.25, 0.3) is 16.8 Å². The van der Waals surface area contributed by atoms with E-state index in [0.29, 0.717) is 23.0 Å². The number of anilines is 1. The quantitative estimate of drug-likeness (QED) is 0.373. The summed E-state index contributed by atoms with van der Waals surface area (Å²) in [5.74, 6) is -0.159. The van der Waals surface area contributed by atoms with E-state index in [-0.39, 0.29) is 11.4 Å². The molecule has 0 spiro atoms. The van der Waals surface area contributed by atoms with Crippen LogP contribution in [0.15, 0.2) is 55.1 Å². The van der Waals surface area contributed by atoms with Gasteiger partial charge in [0.25, 0.3) is 0 Å². The van der Waals surface area contributed by atoms with Gasteiger partial charge in [-0.25, -0.2) is 4.98 Å². The summed E-state index contributed by atoms with van der Waals surface area (Å²) >= 11 is 13.7. The highest BCUT2D eigenvalue weighted by molar-refractivity contribution is 7.40. The Kier molecular flexibility index (Phi) is 7.48. The highest BCUT2D eigenvalue weighted by atomic mass is 35.5. The maximum Gasteiger partial charge on any atom is 0.183 e. The number of benzene rings is 2. The lowest BCUT2D eigenvalue weighted by Crippen LogP contribution is -2.21. The van der Waals surface area contributed by atoms with Crippen LogP contribution in [0, 0.1) is 5.92 Å². The average Bonchev–Trinajstić information content (AvgIpc) is 3.12. The normalized spacial score (nSPS) is 11.9. The summed E-state index contributed by atoms with van der Waals surface area (Å²) in [6.07, 6.45) is 0.675. The molecule has 29 heavy (non-hydrogen) atoms. The maximum atomic E-state index is 12.1. The number of carbonyl (C=O) groups is 1. The Morgan fingerprint density at radius 2 is 1.93 bits per heavy atom. The molecule has 0 saturated heterocycles. The summed E-state index contributed by atoms with van der Waals surface area (Å²) in [5, 5.41) is 5.06. The molecule has 0 amide bonds. The van der Waals surface area contributed by atoms with Crippen LogP contribution in [0.5, 0.6) is 0 Å². The van der Waals surface area contributed by atoms with Crippen molar-refractivity contribution in [2.45, 2.75) is 13.3 Å². The number of allylic oxidation sites excluding steroid dienone is 1. The summed E-state index contributed by atoms with van der Waals surface area (Å²) in [6.45, 7) is 6.52. The van der Waals surface area contributed by atoms with E-state index in [1.165, 1.54) is 11.3 Å². The molecule has 0 radical (unpaired) electrons. The minimum absolute atomic E-state index is 0.0720. The molecule has 3 aromatic rings. The Labute approximate surface area is 187 Å². The molecule has 2 atom stereocenters. The molecule has 0 aliphatic carbocycles. The van der Waals surface area contributed by atoms with E-state index in [9.17, 15) is 4.79 Å². The van der Waals surface area contributed by atoms with Crippen LogP contribution in [0.4, 0.5) is 5.13 Å². The molecule has 3 nitrogen and oxygen atoms in total. The second-order valence-corrected chi connectivity index (χ2v) is 9.16. The second-order valence-electron chi connectivity index (χ2n) is 6.78. The lowest BCUT2D eigenvalue weighted by atomic mass is 10.0. The minimum atomic E-state index is -0.159. The molecule has 2 unspecified atom stereocenters. The van der Waals surface area contributed by atoms with Crippen molar-refractivity contribution in [2.75, 3.05) is 11.9 Å². The fraction of sp³-hybridized carbons (Fsp3) is 0.182. The van der Waals surface area contributed by atoms with E-state index >= 15 is 0 Å². The number of rotatable bonds is 8. The van der Waals surface area contributed by atoms with Crippen molar-refractivity contribution in [3.8, 4) is 11.3 Å². The third-order valence-corrected chi connectivity index (χ3v) is 6.82. The van der Waals surface area contributed by atoms with Crippen molar-refractivity contribution in [2.24, 2.45) is 5.92 Å². The zero-order valence-electron chi connectivity index (χ0n) is 15.9. The predicted molar refractivity (Wildman–Crippen MR) is 129 cm³/mol. The van der Waals surface area contributed by atoms with Gasteiger partial charge in [-0.3, -0.25) is 4.79 Å². The van der Waals surface area contributed by atoms with Crippen molar-refractivity contribution in [3.05, 3.63) is 75.6 Å². The molecule has 0 bridgehead atoms. The van der Waals surface area contributed by atoms with Gasteiger partial charge in [-0.15, -0.1) is 0 Å². The third kappa shape index (κ3) is 5.67. The number of nitrogens with one attached hydrogen (secondary N) is 1. The molecule has 7 heteroatoms. The first-order valence-corrected chi connectivity index (χ1v) is 11.2. The molecule has 0 aliphatic heterocycles. The maximum absolute atomic E-state index is 12.1. The van der Waals surface area contributed by atoms with Crippen LogP contribution in [0.2, 0.25) is 10.0 Å². The van der Waals surface area contributed by atoms with E-state index in [4.69, 9.17) is 28.2 Å². The molecule has 0 fully saturated rings. The lowest BCUT2D eigenvalue weighted by molar-refractivity contribution is -0.114. The Morgan fingerprint density at radius 1 is 1.21 bits per heavy atom. The lowest BCUT2D eigenvalue weighted by Gasteiger charge is -2.14. The molecule has 1 aromatic heterocycles. The molecule has 1 heterocycles. The van der Waals surface area contributed by atoms with E-state index in [2.05, 4.69) is 21.1 Å². The standard InChI is InChI=1S/C22H21Cl2N2OPS/c1-13(2)20-19(15-8-9-17(23)18(24)11-15)26-22(29-20)25-12-16(21(27)28)10-14-6-4-3-5-7-14/h3-9,11,16H,1,10,12,28H2,2H3,(H,25,26). The molecule has 0 saturated carbocycles. The number of hydrogen-bond acceptors (Lipinski definition) is 4. The van der Waals surface area contributed by atoms with Crippen LogP contribution in [-0.2, 0) is 11.2 Å². The van der Waals surface area contributed by atoms with Crippen molar-refractivity contribution < 1.29 is 4.79 Å². The zero-order chi connectivity index (χ0) is 21.0. The first-order chi connectivity index (χ1) is 13.8. The highest BCUT2D eigenvalue weighted by Gasteiger charge is 2.18. The van der Waals surface area contributed by atoms with Gasteiger partial charge in [-0.05, 0) is 36.6 Å². The molecule has 3 rings (SSSR count). The fourth-order valence-corrected chi connectivity index (χ4v) is 4.36. The van der Waals surface area contributed by atoms with Gasteiger partial charge < -0.3 is 5.32 Å². The number of aromatic nitrogens is 1. The van der Waals surface area contributed by atoms with Crippen LogP contribution in [-0.4, -0.2) is 17.1 Å². The van der Waals surface area contributed by atoms with Gasteiger partial charge >= 0.3 is 0 Å². The molecule has 2 aromatic carbocycles. The van der Waals surface area contributed by atoms with Crippen LogP contribution >= 0.6 is 43.8 Å². The smallest absolute Gasteiger partial charge is 0.183 e. The van der Waals surface area contributed by atoms with Gasteiger partial charge in [-0.1, -0.05) is 86.8 Å². The molecule has 1 N–H and O–H groups in total. The van der Waals surface area contributed by atoms with Gasteiger partial charge in [0.15, 0.2) is 10.7 Å². The predicted octanol–water partition coefficient (Wildman–Crippen LogP) is 6.82. The zero-order valence-corrected chi connectivity index (χ0v) is 19.4. The fourth-order valence-electron chi connectivity index (χ4n) is 2.91. The Hall–Kier alpha value is -1.71. The Balaban J connectivity index is 1.80. The van der Waals surface area contributed by atoms with E-state index in [1.54, 1.807) is 12.1 Å². The van der Waals surface area contributed by atoms with Gasteiger partial charge in [0.2, 0.25) is 0 Å². The number of carbonyl (C=O) groups excluding carboxylic acids is 1. The summed E-state index contributed by atoms with van der Waals surface area (Å²) in [7, 11) is 2.30. The topological polar surface area (TPSA) is 42.0 Å². The number of halogens is 2. The summed E-state index contributed by atoms with van der Waals surface area (Å²) < 4.78 is 0. The Morgan fingerprint density at radius 3 is 2.55 bits per heavy atom. The van der Waals surface area contributed by atoms with E-state index < -0.39 is 0 Å². The van der Waals surface area contributed by atoms with Gasteiger partial charge in [0.05, 0.1) is 20.6 Å². The molecule has 150 valence electrons. The molecule has 0 aliphatic rings. The molecular weight excluding hydrogens is 442 g/mol. The first kappa shape index (κ1) is 22.0. The number of nitrogens with zero attached hydrogens (tertiary/aromatic N) is 1. The number of hydrogen-bond donors (Lipinski definition) is 1. The minimum Gasteiger partial charge on any atom is -0.361 e. The van der Waals surface area contributed by atoms with Crippen LogP contribution < -0.4 is 5.32 Å². The number of thiazole rings is 1. The first-order valence-electron chi connectivity index (χ1n) is 9.04. The van der Waals surface area contributed by atoms with Crippen molar-refractivity contribution in [1.82, 2.24) is 4.98 Å². The SMILES string of the molecule is C=C(C)c1sc(NCC(Cc2ccccc2)C(=O)P)nc1-c1ccc(Cl)c(Cl)c1. The summed E-state index contributed by atoms with van der Waals surface area (Å²) in [4.78, 5) is 17.8. The van der Waals surface area contributed by atoms with Crippen molar-refractivity contribution >= 4 is 60.0 Å². The Bertz CT molecular complexity index is 1040. The van der Waals surface area contributed by atoms with Crippen LogP contribution in [0.1, 0.15) is 17.4 Å². The summed E-state index contributed by atoms with van der Waals surface area (Å²) in [5.41, 5.74) is 3.81. The average molecular weight is 463 g/mol. The van der Waals surface area contributed by atoms with Gasteiger partial charge in [0.1, 0.15) is 0 Å². The summed E-state index contributed by atoms with van der Waals surface area (Å²) in [6, 6.07) is 15.5. The second kappa shape index (κ2) is 9.86. The highest BCUT2D eigenvalue weighted by Crippen LogP contribution is 2.37. The van der Waals surface area contributed by atoms with Crippen molar-refractivity contribution in [1.29, 1.82) is 0 Å². The molecular formula is C22H21Cl2N2OPS. The van der Waals surface area contributed by atoms with Gasteiger partial charge in [-0.2, -0.15) is 0 Å².